The number of hydrogen-bond acceptors (Lipinski definition) is 7. The molecule has 5 aromatic rings. The molecule has 1 aliphatic rings. The van der Waals surface area contributed by atoms with Gasteiger partial charge in [-0.1, -0.05) is 6.07 Å². The number of rotatable bonds is 8. The van der Waals surface area contributed by atoms with Gasteiger partial charge in [-0.2, -0.15) is 0 Å². The molecule has 3 unspecified atom stereocenters. The highest BCUT2D eigenvalue weighted by Crippen LogP contribution is 2.54. The van der Waals surface area contributed by atoms with E-state index in [0.717, 1.165) is 23.2 Å². The molecule has 1 aliphatic carbocycles. The fraction of sp³-hybridized carbons (Fsp3) is 0.241. The number of carbonyl (C=O) groups is 2. The van der Waals surface area contributed by atoms with E-state index < -0.39 is 18.0 Å². The fourth-order valence-electron chi connectivity index (χ4n) is 5.36. The molecule has 4 heterocycles. The van der Waals surface area contributed by atoms with Gasteiger partial charge in [0.25, 0.3) is 0 Å². The summed E-state index contributed by atoms with van der Waals surface area (Å²) < 4.78 is 10.4. The summed E-state index contributed by atoms with van der Waals surface area (Å²) in [6.07, 6.45) is 3.59. The average Bonchev–Trinajstić information content (AvgIpc) is 3.44. The van der Waals surface area contributed by atoms with E-state index in [9.17, 15) is 19.8 Å². The summed E-state index contributed by atoms with van der Waals surface area (Å²) in [6.45, 7) is 0. The van der Waals surface area contributed by atoms with Crippen molar-refractivity contribution in [3.05, 3.63) is 88.5 Å². The lowest BCUT2D eigenvalue weighted by Gasteiger charge is -2.11. The van der Waals surface area contributed by atoms with Crippen molar-refractivity contribution in [2.75, 3.05) is 14.2 Å². The molecule has 0 radical (unpaired) electrons. The number of aromatic carboxylic acids is 1. The van der Waals surface area contributed by atoms with E-state index in [2.05, 4.69) is 26.0 Å². The van der Waals surface area contributed by atoms with Gasteiger partial charge in [-0.15, -0.1) is 0 Å². The van der Waals surface area contributed by atoms with Crippen LogP contribution in [0.4, 0.5) is 0 Å². The van der Waals surface area contributed by atoms with Crippen LogP contribution in [-0.4, -0.2) is 56.3 Å². The molecular formula is C29H26N4O6. The second-order valence-corrected chi connectivity index (χ2v) is 9.80. The molecule has 6 rings (SSSR count). The number of aliphatic hydroxyl groups excluding tert-OH is 1. The van der Waals surface area contributed by atoms with Crippen LogP contribution in [0.15, 0.2) is 54.9 Å². The number of ether oxygens (including phenoxy) is 2. The highest BCUT2D eigenvalue weighted by atomic mass is 16.5. The van der Waals surface area contributed by atoms with Crippen LogP contribution in [0.5, 0.6) is 5.75 Å². The van der Waals surface area contributed by atoms with Gasteiger partial charge in [0.05, 0.1) is 53.5 Å². The van der Waals surface area contributed by atoms with Gasteiger partial charge >= 0.3 is 11.9 Å². The molecule has 0 aliphatic heterocycles. The number of carbonyl (C=O) groups excluding carboxylic acids is 1. The Bertz CT molecular complexity index is 1740. The maximum atomic E-state index is 12.1. The zero-order valence-corrected chi connectivity index (χ0v) is 21.3. The Hall–Kier alpha value is -4.70. The number of nitrogens with one attached hydrogen (secondary N) is 2. The number of carboxylic acid groups (broad SMARTS) is 1. The van der Waals surface area contributed by atoms with E-state index in [0.29, 0.717) is 45.5 Å². The molecule has 198 valence electrons. The summed E-state index contributed by atoms with van der Waals surface area (Å²) >= 11 is 0. The number of nitrogens with zero attached hydrogens (tertiary/aromatic N) is 2. The first-order valence-corrected chi connectivity index (χ1v) is 12.5. The van der Waals surface area contributed by atoms with Gasteiger partial charge in [0.2, 0.25) is 0 Å². The van der Waals surface area contributed by atoms with Crippen LogP contribution in [0.2, 0.25) is 0 Å². The Labute approximate surface area is 222 Å². The molecule has 0 saturated heterocycles. The molecular weight excluding hydrogens is 500 g/mol. The van der Waals surface area contributed by atoms with E-state index in [-0.39, 0.29) is 17.4 Å². The van der Waals surface area contributed by atoms with E-state index in [1.54, 1.807) is 25.4 Å². The molecule has 0 amide bonds. The van der Waals surface area contributed by atoms with Crippen molar-refractivity contribution in [1.29, 1.82) is 0 Å². The number of methoxy groups -OCH3 is 2. The van der Waals surface area contributed by atoms with Gasteiger partial charge in [-0.3, -0.25) is 9.97 Å². The SMILES string of the molecule is COC(=O)c1ccnc2cc(C(O)C3CC3c3cc(Cc4cc5nccc(C(=O)O)c5[nH]4)cc(OC)c3)[nH]c12. The molecule has 4 aromatic heterocycles. The van der Waals surface area contributed by atoms with Crippen molar-refractivity contribution in [1.82, 2.24) is 19.9 Å². The van der Waals surface area contributed by atoms with E-state index in [4.69, 9.17) is 9.47 Å². The molecule has 10 nitrogen and oxygen atoms in total. The Balaban J connectivity index is 1.25. The number of hydrogen-bond donors (Lipinski definition) is 4. The predicted molar refractivity (Wildman–Crippen MR) is 142 cm³/mol. The summed E-state index contributed by atoms with van der Waals surface area (Å²) in [6, 6.07) is 12.7. The summed E-state index contributed by atoms with van der Waals surface area (Å²) in [5, 5.41) is 20.7. The number of benzene rings is 1. The minimum Gasteiger partial charge on any atom is -0.497 e. The first kappa shape index (κ1) is 24.6. The van der Waals surface area contributed by atoms with Crippen molar-refractivity contribution in [2.45, 2.75) is 24.9 Å². The monoisotopic (exact) mass is 526 g/mol. The molecule has 3 atom stereocenters. The Kier molecular flexibility index (Phi) is 6.03. The normalized spacial score (nSPS) is 17.3. The number of aromatic nitrogens is 4. The predicted octanol–water partition coefficient (Wildman–Crippen LogP) is 4.36. The topological polar surface area (TPSA) is 150 Å². The van der Waals surface area contributed by atoms with Gasteiger partial charge in [0.1, 0.15) is 5.75 Å². The molecule has 1 fully saturated rings. The minimum absolute atomic E-state index is 0.0185. The number of fused-ring (bicyclic) bond motifs is 2. The van der Waals surface area contributed by atoms with Gasteiger partial charge in [-0.25, -0.2) is 9.59 Å². The second-order valence-electron chi connectivity index (χ2n) is 9.80. The number of esters is 1. The maximum Gasteiger partial charge on any atom is 0.340 e. The first-order chi connectivity index (χ1) is 18.9. The third kappa shape index (κ3) is 4.48. The van der Waals surface area contributed by atoms with E-state index in [1.807, 2.05) is 18.2 Å². The van der Waals surface area contributed by atoms with Crippen molar-refractivity contribution in [2.24, 2.45) is 5.92 Å². The van der Waals surface area contributed by atoms with Gasteiger partial charge in [0, 0.05) is 30.2 Å². The lowest BCUT2D eigenvalue weighted by molar-refractivity contribution is 0.0601. The highest BCUT2D eigenvalue weighted by Gasteiger charge is 2.44. The number of aromatic amines is 2. The summed E-state index contributed by atoms with van der Waals surface area (Å²) in [5.74, 6) is -0.666. The molecule has 39 heavy (non-hydrogen) atoms. The van der Waals surface area contributed by atoms with Gasteiger partial charge < -0.3 is 29.7 Å². The number of pyridine rings is 2. The van der Waals surface area contributed by atoms with Crippen LogP contribution in [0.1, 0.15) is 61.7 Å². The van der Waals surface area contributed by atoms with Crippen LogP contribution >= 0.6 is 0 Å². The molecule has 1 aromatic carbocycles. The second kappa shape index (κ2) is 9.55. The molecule has 0 bridgehead atoms. The summed E-state index contributed by atoms with van der Waals surface area (Å²) in [7, 11) is 2.94. The van der Waals surface area contributed by atoms with Gasteiger partial charge in [-0.05, 0) is 65.8 Å². The summed E-state index contributed by atoms with van der Waals surface area (Å²) in [4.78, 5) is 38.7. The van der Waals surface area contributed by atoms with Crippen LogP contribution in [0.3, 0.4) is 0 Å². The van der Waals surface area contributed by atoms with E-state index in [1.165, 1.54) is 19.4 Å². The smallest absolute Gasteiger partial charge is 0.340 e. The third-order valence-electron chi connectivity index (χ3n) is 7.37. The Morgan fingerprint density at radius 3 is 2.44 bits per heavy atom. The number of aliphatic hydroxyl groups is 1. The average molecular weight is 527 g/mol. The Morgan fingerprint density at radius 1 is 1.00 bits per heavy atom. The minimum atomic E-state index is -1.01. The van der Waals surface area contributed by atoms with Crippen LogP contribution in [-0.2, 0) is 11.2 Å². The lowest BCUT2D eigenvalue weighted by Crippen LogP contribution is -2.04. The van der Waals surface area contributed by atoms with Crippen LogP contribution in [0.25, 0.3) is 22.1 Å². The van der Waals surface area contributed by atoms with E-state index >= 15 is 0 Å². The van der Waals surface area contributed by atoms with Crippen molar-refractivity contribution >= 4 is 34.0 Å². The largest absolute Gasteiger partial charge is 0.497 e. The van der Waals surface area contributed by atoms with Crippen molar-refractivity contribution in [3.8, 4) is 5.75 Å². The quantitative estimate of drug-likeness (QED) is 0.218. The zero-order valence-electron chi connectivity index (χ0n) is 21.3. The van der Waals surface area contributed by atoms with Gasteiger partial charge in [0.15, 0.2) is 0 Å². The standard InChI is InChI=1S/C29H26N4O6/c1-38-17-9-14(8-16-11-22-25(32-16)18(28(35)36)3-5-30-22)7-15(10-17)20-12-21(20)27(34)24-13-23-26(33-24)19(4-6-31-23)29(37)39-2/h3-7,9-11,13,20-21,27,32-34H,8,12H2,1-2H3,(H,35,36). The zero-order chi connectivity index (χ0) is 27.3. The number of carboxylic acids is 1. The molecule has 1 saturated carbocycles. The number of H-pyrrole nitrogens is 2. The summed E-state index contributed by atoms with van der Waals surface area (Å²) in [5.41, 5.74) is 6.26. The highest BCUT2D eigenvalue weighted by molar-refractivity contribution is 6.02. The molecule has 4 N–H and O–H groups in total. The van der Waals surface area contributed by atoms with Crippen molar-refractivity contribution in [3.63, 3.8) is 0 Å². The van der Waals surface area contributed by atoms with Crippen LogP contribution in [0, 0.1) is 5.92 Å². The van der Waals surface area contributed by atoms with Crippen LogP contribution < -0.4 is 4.74 Å². The molecule has 0 spiro atoms. The first-order valence-electron chi connectivity index (χ1n) is 12.5. The maximum absolute atomic E-state index is 12.1. The fourth-order valence-corrected chi connectivity index (χ4v) is 5.36. The van der Waals surface area contributed by atoms with Crippen molar-refractivity contribution < 1.29 is 29.3 Å². The third-order valence-corrected chi connectivity index (χ3v) is 7.37. The Morgan fingerprint density at radius 2 is 1.72 bits per heavy atom. The lowest BCUT2D eigenvalue weighted by atomic mass is 10.0. The molecule has 10 heteroatoms.